The lowest BCUT2D eigenvalue weighted by Crippen LogP contribution is -2.51. The molecule has 1 spiro atoms. The number of allylic oxidation sites excluding steroid dienone is 1. The van der Waals surface area contributed by atoms with Crippen LogP contribution in [0.25, 0.3) is 5.57 Å². The molecule has 8 heteroatoms. The molecule has 0 aliphatic carbocycles. The molecule has 1 saturated heterocycles. The minimum atomic E-state index is -1.36. The van der Waals surface area contributed by atoms with Crippen molar-refractivity contribution in [2.75, 3.05) is 17.0 Å². The van der Waals surface area contributed by atoms with E-state index in [-0.39, 0.29) is 24.3 Å². The van der Waals surface area contributed by atoms with Gasteiger partial charge in [0.25, 0.3) is 0 Å². The molecule has 0 bridgehead atoms. The van der Waals surface area contributed by atoms with Crippen molar-refractivity contribution in [1.29, 1.82) is 0 Å². The highest BCUT2D eigenvalue weighted by molar-refractivity contribution is 7.12. The number of aryl methyl sites for hydroxylation is 1. The molecular weight excluding hydrogens is 548 g/mol. The van der Waals surface area contributed by atoms with Gasteiger partial charge in [0.05, 0.1) is 16.8 Å². The van der Waals surface area contributed by atoms with Crippen LogP contribution in [0.3, 0.4) is 0 Å². The van der Waals surface area contributed by atoms with E-state index in [1.54, 1.807) is 24.3 Å². The Bertz CT molecular complexity index is 1860. The quantitative estimate of drug-likeness (QED) is 0.300. The number of para-hydroxylation sites is 1. The van der Waals surface area contributed by atoms with Gasteiger partial charge in [-0.1, -0.05) is 42.0 Å². The van der Waals surface area contributed by atoms with Crippen LogP contribution in [0.2, 0.25) is 0 Å². The zero-order chi connectivity index (χ0) is 28.7. The second-order valence-corrected chi connectivity index (χ2v) is 12.2. The fourth-order valence-corrected chi connectivity index (χ4v) is 8.04. The SMILES string of the molecule is CC1=C[C@H]2N(c3ccc(C)cc31)[C@H](C(=O)c1cccs1)[C@@H](C(=O)c1ccc3c(c1)OCO3)[C@]21C(=O)Nc2ccccc21. The highest BCUT2D eigenvalue weighted by Gasteiger charge is 2.70. The molecule has 8 rings (SSSR count). The third-order valence-corrected chi connectivity index (χ3v) is 9.99. The van der Waals surface area contributed by atoms with E-state index < -0.39 is 23.4 Å². The largest absolute Gasteiger partial charge is 0.454 e. The minimum Gasteiger partial charge on any atom is -0.454 e. The van der Waals surface area contributed by atoms with Crippen LogP contribution in [0.15, 0.2) is 84.3 Å². The maximum atomic E-state index is 15.0. The number of thiophene rings is 1. The molecule has 5 heterocycles. The zero-order valence-corrected chi connectivity index (χ0v) is 23.7. The standard InChI is InChI=1S/C34H26N2O5S/c1-18-9-11-24-21(14-18)19(2)15-28-34(22-6-3-4-7-23(22)35-33(34)39)29(30(36(24)28)32(38)27-8-5-13-42-27)31(37)20-10-12-25-26(16-20)41-17-40-25/h3-16,28-30H,17H2,1-2H3,(H,35,39)/t28-,29+,30+,34-/m1/s1. The minimum absolute atomic E-state index is 0.0751. The molecule has 42 heavy (non-hydrogen) atoms. The molecule has 0 unspecified atom stereocenters. The Hall–Kier alpha value is -4.69. The summed E-state index contributed by atoms with van der Waals surface area (Å²) in [7, 11) is 0. The second kappa shape index (κ2) is 8.90. The molecule has 7 nitrogen and oxygen atoms in total. The van der Waals surface area contributed by atoms with Crippen LogP contribution < -0.4 is 19.7 Å². The molecule has 1 amide bonds. The number of amides is 1. The van der Waals surface area contributed by atoms with E-state index in [0.717, 1.165) is 28.0 Å². The summed E-state index contributed by atoms with van der Waals surface area (Å²) >= 11 is 1.34. The van der Waals surface area contributed by atoms with Crippen LogP contribution >= 0.6 is 11.3 Å². The van der Waals surface area contributed by atoms with E-state index in [0.29, 0.717) is 27.6 Å². The first kappa shape index (κ1) is 25.1. The highest BCUT2D eigenvalue weighted by atomic mass is 32.1. The molecular formula is C34H26N2O5S. The lowest BCUT2D eigenvalue weighted by Gasteiger charge is -2.39. The Balaban J connectivity index is 1.43. The summed E-state index contributed by atoms with van der Waals surface area (Å²) in [5.74, 6) is -0.745. The first-order chi connectivity index (χ1) is 20.4. The number of carbonyl (C=O) groups excluding carboxylic acids is 3. The van der Waals surface area contributed by atoms with Gasteiger partial charge in [-0.05, 0) is 72.8 Å². The van der Waals surface area contributed by atoms with Crippen molar-refractivity contribution in [3.63, 3.8) is 0 Å². The lowest BCUT2D eigenvalue weighted by atomic mass is 9.64. The van der Waals surface area contributed by atoms with Crippen molar-refractivity contribution in [2.45, 2.75) is 31.3 Å². The number of fused-ring (bicyclic) bond motifs is 7. The topological polar surface area (TPSA) is 84.9 Å². The molecule has 4 atom stereocenters. The van der Waals surface area contributed by atoms with Crippen LogP contribution in [0.4, 0.5) is 11.4 Å². The Morgan fingerprint density at radius 3 is 2.62 bits per heavy atom. The van der Waals surface area contributed by atoms with E-state index in [4.69, 9.17) is 9.47 Å². The van der Waals surface area contributed by atoms with Crippen molar-refractivity contribution in [2.24, 2.45) is 5.92 Å². The maximum Gasteiger partial charge on any atom is 0.238 e. The number of ketones is 2. The number of ether oxygens (including phenoxy) is 2. The van der Waals surface area contributed by atoms with Crippen molar-refractivity contribution in [1.82, 2.24) is 0 Å². The van der Waals surface area contributed by atoms with E-state index in [1.165, 1.54) is 11.3 Å². The van der Waals surface area contributed by atoms with Crippen LogP contribution in [0.1, 0.15) is 43.6 Å². The average molecular weight is 575 g/mol. The van der Waals surface area contributed by atoms with Gasteiger partial charge in [-0.3, -0.25) is 14.4 Å². The number of nitrogens with zero attached hydrogens (tertiary/aromatic N) is 1. The summed E-state index contributed by atoms with van der Waals surface area (Å²) in [5, 5.41) is 4.94. The van der Waals surface area contributed by atoms with Crippen molar-refractivity contribution in [3.8, 4) is 11.5 Å². The molecule has 208 valence electrons. The fourth-order valence-electron chi connectivity index (χ4n) is 7.34. The van der Waals surface area contributed by atoms with Crippen LogP contribution in [-0.2, 0) is 10.2 Å². The second-order valence-electron chi connectivity index (χ2n) is 11.3. The summed E-state index contributed by atoms with van der Waals surface area (Å²) in [6, 6.07) is 20.9. The van der Waals surface area contributed by atoms with Crippen molar-refractivity contribution >= 4 is 45.8 Å². The van der Waals surface area contributed by atoms with Crippen LogP contribution in [0.5, 0.6) is 11.5 Å². The molecule has 3 aromatic carbocycles. The number of hydrogen-bond acceptors (Lipinski definition) is 7. The number of Topliss-reactive ketones (excluding diaryl/α,β-unsaturated/α-hetero) is 2. The summed E-state index contributed by atoms with van der Waals surface area (Å²) in [5.41, 5.74) is 4.34. The number of rotatable bonds is 4. The van der Waals surface area contributed by atoms with Crippen LogP contribution in [0, 0.1) is 12.8 Å². The number of anilines is 2. The fraction of sp³-hybridized carbons (Fsp3) is 0.206. The predicted octanol–water partition coefficient (Wildman–Crippen LogP) is 6.03. The van der Waals surface area contributed by atoms with Crippen LogP contribution in [-0.4, -0.2) is 36.4 Å². The Kier molecular flexibility index (Phi) is 5.31. The molecule has 1 aromatic heterocycles. The highest BCUT2D eigenvalue weighted by Crippen LogP contribution is 2.59. The van der Waals surface area contributed by atoms with Gasteiger partial charge in [0.15, 0.2) is 23.1 Å². The molecule has 4 aromatic rings. The summed E-state index contributed by atoms with van der Waals surface area (Å²) in [6.45, 7) is 4.14. The molecule has 0 saturated carbocycles. The van der Waals surface area contributed by atoms with E-state index in [9.17, 15) is 14.4 Å². The lowest BCUT2D eigenvalue weighted by molar-refractivity contribution is -0.121. The number of hydrogen-bond donors (Lipinski definition) is 1. The summed E-state index contributed by atoms with van der Waals surface area (Å²) < 4.78 is 11.1. The normalized spacial score (nSPS) is 24.6. The van der Waals surface area contributed by atoms with Gasteiger partial charge >= 0.3 is 0 Å². The molecule has 0 radical (unpaired) electrons. The molecule has 4 aliphatic heterocycles. The third kappa shape index (κ3) is 3.24. The summed E-state index contributed by atoms with van der Waals surface area (Å²) in [6.07, 6.45) is 2.07. The van der Waals surface area contributed by atoms with Gasteiger partial charge < -0.3 is 19.7 Å². The Morgan fingerprint density at radius 2 is 1.79 bits per heavy atom. The van der Waals surface area contributed by atoms with Gasteiger partial charge in [-0.15, -0.1) is 11.3 Å². The molecule has 1 N–H and O–H groups in total. The van der Waals surface area contributed by atoms with Crippen molar-refractivity contribution in [3.05, 3.63) is 111 Å². The Morgan fingerprint density at radius 1 is 0.952 bits per heavy atom. The maximum absolute atomic E-state index is 15.0. The van der Waals surface area contributed by atoms with E-state index in [2.05, 4.69) is 17.5 Å². The van der Waals surface area contributed by atoms with Gasteiger partial charge in [-0.25, -0.2) is 0 Å². The van der Waals surface area contributed by atoms with E-state index in [1.807, 2.05) is 66.6 Å². The monoisotopic (exact) mass is 574 g/mol. The summed E-state index contributed by atoms with van der Waals surface area (Å²) in [4.78, 5) is 46.7. The average Bonchev–Trinajstić information content (AvgIpc) is 3.79. The van der Waals surface area contributed by atoms with E-state index >= 15 is 0 Å². The zero-order valence-electron chi connectivity index (χ0n) is 22.9. The first-order valence-corrected chi connectivity index (χ1v) is 14.8. The third-order valence-electron chi connectivity index (χ3n) is 9.10. The van der Waals surface area contributed by atoms with Gasteiger partial charge in [0, 0.05) is 22.5 Å². The molecule has 1 fully saturated rings. The van der Waals surface area contributed by atoms with Gasteiger partial charge in [-0.2, -0.15) is 0 Å². The van der Waals surface area contributed by atoms with Crippen molar-refractivity contribution < 1.29 is 23.9 Å². The Labute approximate surface area is 246 Å². The first-order valence-electron chi connectivity index (χ1n) is 13.9. The smallest absolute Gasteiger partial charge is 0.238 e. The van der Waals surface area contributed by atoms with Gasteiger partial charge in [0.2, 0.25) is 12.7 Å². The number of nitrogens with one attached hydrogen (secondary N) is 1. The number of benzene rings is 3. The van der Waals surface area contributed by atoms with Gasteiger partial charge in [0.1, 0.15) is 11.5 Å². The molecule has 4 aliphatic rings. The number of carbonyl (C=O) groups is 3. The predicted molar refractivity (Wildman–Crippen MR) is 161 cm³/mol.